The van der Waals surface area contributed by atoms with Crippen molar-refractivity contribution in [2.24, 2.45) is 5.10 Å². The number of carbonyl (C=O) groups excluding carboxylic acids is 1. The molecule has 0 unspecified atom stereocenters. The number of methoxy groups -OCH3 is 1. The summed E-state index contributed by atoms with van der Waals surface area (Å²) >= 11 is 1.37. The fourth-order valence-corrected chi connectivity index (χ4v) is 3.09. The zero-order valence-corrected chi connectivity index (χ0v) is 16.9. The van der Waals surface area contributed by atoms with E-state index in [2.05, 4.69) is 15.5 Å². The van der Waals surface area contributed by atoms with Crippen LogP contribution in [0.1, 0.15) is 18.2 Å². The zero-order chi connectivity index (χ0) is 20.5. The average molecular weight is 411 g/mol. The summed E-state index contributed by atoms with van der Waals surface area (Å²) in [6.45, 7) is 2.13. The third kappa shape index (κ3) is 6.05. The van der Waals surface area contributed by atoms with Gasteiger partial charge in [0.15, 0.2) is 0 Å². The minimum Gasteiger partial charge on any atom is -0.497 e. The Balaban J connectivity index is 1.64. The van der Waals surface area contributed by atoms with Crippen LogP contribution in [0.25, 0.3) is 0 Å². The van der Waals surface area contributed by atoms with E-state index in [0.29, 0.717) is 28.9 Å². The van der Waals surface area contributed by atoms with Crippen molar-refractivity contribution < 1.29 is 19.0 Å². The number of hydrogen-bond donors (Lipinski definition) is 1. The fraction of sp³-hybridized carbons (Fsp3) is 0.190. The van der Waals surface area contributed by atoms with Crippen molar-refractivity contribution in [3.8, 4) is 17.2 Å². The van der Waals surface area contributed by atoms with Crippen LogP contribution >= 0.6 is 11.3 Å². The number of hydrogen-bond acceptors (Lipinski definition) is 8. The first-order chi connectivity index (χ1) is 14.2. The number of thiazole rings is 1. The smallest absolute Gasteiger partial charge is 0.311 e. The topological polar surface area (TPSA) is 82.0 Å². The molecular weight excluding hydrogens is 390 g/mol. The van der Waals surface area contributed by atoms with Gasteiger partial charge >= 0.3 is 5.97 Å². The number of benzene rings is 2. The summed E-state index contributed by atoms with van der Waals surface area (Å²) in [5, 5.41) is 6.62. The van der Waals surface area contributed by atoms with E-state index in [4.69, 9.17) is 14.2 Å². The van der Waals surface area contributed by atoms with Crippen molar-refractivity contribution in [3.05, 3.63) is 65.2 Å². The highest BCUT2D eigenvalue weighted by atomic mass is 32.1. The summed E-state index contributed by atoms with van der Waals surface area (Å²) in [6, 6.07) is 14.9. The van der Waals surface area contributed by atoms with Gasteiger partial charge in [-0.3, -0.25) is 10.2 Å². The highest BCUT2D eigenvalue weighted by molar-refractivity contribution is 7.13. The van der Waals surface area contributed by atoms with E-state index >= 15 is 0 Å². The lowest BCUT2D eigenvalue weighted by Gasteiger charge is -2.09. The van der Waals surface area contributed by atoms with Gasteiger partial charge in [-0.1, -0.05) is 18.2 Å². The first-order valence-corrected chi connectivity index (χ1v) is 9.86. The molecule has 2 aromatic carbocycles. The summed E-state index contributed by atoms with van der Waals surface area (Å²) in [6.07, 6.45) is 1.80. The van der Waals surface area contributed by atoms with Crippen molar-refractivity contribution in [3.63, 3.8) is 0 Å². The third-order valence-corrected chi connectivity index (χ3v) is 4.53. The summed E-state index contributed by atoms with van der Waals surface area (Å²) in [5.41, 5.74) is 4.32. The molecule has 0 radical (unpaired) electrons. The van der Waals surface area contributed by atoms with Gasteiger partial charge in [-0.2, -0.15) is 5.10 Å². The van der Waals surface area contributed by atoms with Gasteiger partial charge in [0.25, 0.3) is 0 Å². The number of anilines is 1. The van der Waals surface area contributed by atoms with Crippen LogP contribution in [0.5, 0.6) is 17.2 Å². The maximum atomic E-state index is 11.5. The summed E-state index contributed by atoms with van der Waals surface area (Å²) in [5.74, 6) is 1.75. The summed E-state index contributed by atoms with van der Waals surface area (Å²) in [4.78, 5) is 15.8. The van der Waals surface area contributed by atoms with Gasteiger partial charge in [0.05, 0.1) is 32.0 Å². The quantitative estimate of drug-likeness (QED) is 0.317. The predicted octanol–water partition coefficient (Wildman–Crippen LogP) is 4.50. The Labute approximate surface area is 173 Å². The van der Waals surface area contributed by atoms with Gasteiger partial charge in [0.1, 0.15) is 17.2 Å². The van der Waals surface area contributed by atoms with Crippen LogP contribution in [0, 0.1) is 0 Å². The molecule has 1 heterocycles. The second-order valence-electron chi connectivity index (χ2n) is 5.81. The van der Waals surface area contributed by atoms with Gasteiger partial charge < -0.3 is 14.2 Å². The molecule has 0 aliphatic carbocycles. The van der Waals surface area contributed by atoms with E-state index in [-0.39, 0.29) is 12.4 Å². The maximum absolute atomic E-state index is 11.5. The van der Waals surface area contributed by atoms with Crippen LogP contribution in [-0.4, -0.2) is 30.9 Å². The lowest BCUT2D eigenvalue weighted by molar-refractivity contribution is -0.142. The van der Waals surface area contributed by atoms with Gasteiger partial charge in [-0.05, 0) is 31.2 Å². The predicted molar refractivity (Wildman–Crippen MR) is 113 cm³/mol. The monoisotopic (exact) mass is 411 g/mol. The highest BCUT2D eigenvalue weighted by Crippen LogP contribution is 2.27. The fourth-order valence-electron chi connectivity index (χ4n) is 2.43. The molecule has 0 amide bonds. The Morgan fingerprint density at radius 3 is 2.86 bits per heavy atom. The van der Waals surface area contributed by atoms with Gasteiger partial charge in [0.2, 0.25) is 5.13 Å². The first-order valence-electron chi connectivity index (χ1n) is 8.98. The largest absolute Gasteiger partial charge is 0.497 e. The first kappa shape index (κ1) is 20.3. The molecule has 0 bridgehead atoms. The molecule has 0 saturated heterocycles. The molecule has 0 aliphatic rings. The standard InChI is InChI=1S/C21H21N3O4S/c1-3-27-20(25)11-16-14-29-21(23-16)24-22-13-15-7-4-5-10-19(15)28-18-9-6-8-17(12-18)26-2/h4-10,12-14H,3,11H2,1-2H3,(H,23,24). The average Bonchev–Trinajstić information content (AvgIpc) is 3.16. The second kappa shape index (κ2) is 10.2. The number of rotatable bonds is 9. The molecular formula is C21H21N3O4S. The number of esters is 1. The van der Waals surface area contributed by atoms with Gasteiger partial charge in [0, 0.05) is 17.0 Å². The maximum Gasteiger partial charge on any atom is 0.311 e. The van der Waals surface area contributed by atoms with Crippen LogP contribution in [-0.2, 0) is 16.0 Å². The number of hydrazone groups is 1. The number of para-hydroxylation sites is 1. The number of carbonyl (C=O) groups is 1. The molecule has 1 N–H and O–H groups in total. The van der Waals surface area contributed by atoms with Crippen LogP contribution in [0.3, 0.4) is 0 Å². The molecule has 3 rings (SSSR count). The number of aromatic nitrogens is 1. The Hall–Kier alpha value is -3.39. The van der Waals surface area contributed by atoms with E-state index in [1.807, 2.05) is 48.5 Å². The Morgan fingerprint density at radius 2 is 2.03 bits per heavy atom. The molecule has 3 aromatic rings. The van der Waals surface area contributed by atoms with E-state index in [9.17, 15) is 4.79 Å². The van der Waals surface area contributed by atoms with E-state index in [0.717, 1.165) is 11.3 Å². The Kier molecular flexibility index (Phi) is 7.18. The molecule has 0 saturated carbocycles. The van der Waals surface area contributed by atoms with Crippen molar-refractivity contribution in [2.75, 3.05) is 19.1 Å². The van der Waals surface area contributed by atoms with Gasteiger partial charge in [-0.25, -0.2) is 4.98 Å². The number of ether oxygens (including phenoxy) is 3. The SMILES string of the molecule is CCOC(=O)Cc1csc(NN=Cc2ccccc2Oc2cccc(OC)c2)n1. The van der Waals surface area contributed by atoms with Gasteiger partial charge in [-0.15, -0.1) is 11.3 Å². The second-order valence-corrected chi connectivity index (χ2v) is 6.67. The van der Waals surface area contributed by atoms with Crippen LogP contribution in [0.4, 0.5) is 5.13 Å². The Morgan fingerprint density at radius 1 is 1.21 bits per heavy atom. The molecule has 0 spiro atoms. The Bertz CT molecular complexity index is 987. The minimum absolute atomic E-state index is 0.146. The van der Waals surface area contributed by atoms with Crippen LogP contribution in [0.15, 0.2) is 59.0 Å². The molecule has 150 valence electrons. The molecule has 29 heavy (non-hydrogen) atoms. The normalized spacial score (nSPS) is 10.7. The van der Waals surface area contributed by atoms with E-state index < -0.39 is 0 Å². The molecule has 1 aromatic heterocycles. The van der Waals surface area contributed by atoms with Crippen LogP contribution < -0.4 is 14.9 Å². The van der Waals surface area contributed by atoms with Crippen molar-refractivity contribution in [1.82, 2.24) is 4.98 Å². The molecule has 7 nitrogen and oxygen atoms in total. The van der Waals surface area contributed by atoms with Crippen molar-refractivity contribution in [2.45, 2.75) is 13.3 Å². The number of nitrogens with one attached hydrogen (secondary N) is 1. The summed E-state index contributed by atoms with van der Waals surface area (Å²) in [7, 11) is 1.61. The highest BCUT2D eigenvalue weighted by Gasteiger charge is 2.08. The lowest BCUT2D eigenvalue weighted by Crippen LogP contribution is -2.07. The van der Waals surface area contributed by atoms with Crippen LogP contribution in [0.2, 0.25) is 0 Å². The molecule has 0 fully saturated rings. The molecule has 8 heteroatoms. The van der Waals surface area contributed by atoms with E-state index in [1.165, 1.54) is 11.3 Å². The van der Waals surface area contributed by atoms with Crippen molar-refractivity contribution >= 4 is 28.7 Å². The summed E-state index contributed by atoms with van der Waals surface area (Å²) < 4.78 is 16.1. The molecule has 0 aliphatic heterocycles. The molecule has 0 atom stereocenters. The third-order valence-electron chi connectivity index (χ3n) is 3.73. The van der Waals surface area contributed by atoms with Crippen molar-refractivity contribution in [1.29, 1.82) is 0 Å². The number of nitrogens with zero attached hydrogens (tertiary/aromatic N) is 2. The van der Waals surface area contributed by atoms with E-state index in [1.54, 1.807) is 25.6 Å². The minimum atomic E-state index is -0.295. The zero-order valence-electron chi connectivity index (χ0n) is 16.1. The lowest BCUT2D eigenvalue weighted by atomic mass is 10.2.